The van der Waals surface area contributed by atoms with E-state index in [1.165, 1.54) is 12.5 Å². The molecule has 1 heteroatoms. The number of hydrogen-bond donors (Lipinski definition) is 0. The molecule has 54 valence electrons. The SMILES string of the molecule is CC=C[Si](C)(C)CCC. The summed E-state index contributed by atoms with van der Waals surface area (Å²) in [6, 6.07) is 1.43. The van der Waals surface area contributed by atoms with Gasteiger partial charge in [-0.1, -0.05) is 44.3 Å². The number of hydrogen-bond acceptors (Lipinski definition) is 0. The standard InChI is InChI=1S/C8H18Si/c1-5-7-9(3,4)8-6-2/h5,7H,6,8H2,1-4H3. The maximum atomic E-state index is 2.41. The van der Waals surface area contributed by atoms with Crippen LogP contribution < -0.4 is 0 Å². The molecule has 0 aliphatic heterocycles. The summed E-state index contributed by atoms with van der Waals surface area (Å²) in [6.45, 7) is 9.20. The Hall–Kier alpha value is -0.0431. The van der Waals surface area contributed by atoms with Crippen LogP contribution in [0.3, 0.4) is 0 Å². The van der Waals surface area contributed by atoms with Crippen molar-refractivity contribution in [2.75, 3.05) is 0 Å². The summed E-state index contributed by atoms with van der Waals surface area (Å²) >= 11 is 0. The van der Waals surface area contributed by atoms with E-state index in [0.717, 1.165) is 0 Å². The van der Waals surface area contributed by atoms with E-state index in [9.17, 15) is 0 Å². The van der Waals surface area contributed by atoms with Gasteiger partial charge in [-0.05, 0) is 6.92 Å². The van der Waals surface area contributed by atoms with Crippen LogP contribution in [0.15, 0.2) is 11.8 Å². The first-order chi connectivity index (χ1) is 4.12. The molecular formula is C8H18Si. The first kappa shape index (κ1) is 8.96. The minimum absolute atomic E-state index is 0.884. The first-order valence-corrected chi connectivity index (χ1v) is 7.04. The van der Waals surface area contributed by atoms with Gasteiger partial charge in [0.2, 0.25) is 0 Å². The van der Waals surface area contributed by atoms with E-state index in [1.54, 1.807) is 0 Å². The molecule has 0 saturated heterocycles. The van der Waals surface area contributed by atoms with Crippen molar-refractivity contribution in [2.24, 2.45) is 0 Å². The fraction of sp³-hybridized carbons (Fsp3) is 0.750. The average Bonchev–Trinajstić information content (AvgIpc) is 1.64. The van der Waals surface area contributed by atoms with E-state index in [0.29, 0.717) is 0 Å². The normalized spacial score (nSPS) is 12.9. The fourth-order valence-electron chi connectivity index (χ4n) is 1.18. The predicted molar refractivity (Wildman–Crippen MR) is 47.4 cm³/mol. The zero-order valence-electron chi connectivity index (χ0n) is 7.07. The molecule has 0 fully saturated rings. The molecule has 0 aliphatic rings. The molecule has 0 aromatic heterocycles. The Morgan fingerprint density at radius 3 is 2.22 bits per heavy atom. The van der Waals surface area contributed by atoms with Crippen molar-refractivity contribution >= 4 is 8.07 Å². The predicted octanol–water partition coefficient (Wildman–Crippen LogP) is 3.22. The van der Waals surface area contributed by atoms with Gasteiger partial charge in [0.25, 0.3) is 0 Å². The smallest absolute Gasteiger partial charge is 0.0713 e. The maximum Gasteiger partial charge on any atom is 0.0713 e. The minimum Gasteiger partial charge on any atom is -0.0989 e. The maximum absolute atomic E-state index is 2.41. The van der Waals surface area contributed by atoms with Gasteiger partial charge >= 0.3 is 0 Å². The molecule has 9 heavy (non-hydrogen) atoms. The third-order valence-corrected chi connectivity index (χ3v) is 4.54. The lowest BCUT2D eigenvalue weighted by Gasteiger charge is -2.15. The average molecular weight is 142 g/mol. The Labute approximate surface area is 60.0 Å². The summed E-state index contributed by atoms with van der Waals surface area (Å²) in [4.78, 5) is 0. The van der Waals surface area contributed by atoms with Gasteiger partial charge < -0.3 is 0 Å². The van der Waals surface area contributed by atoms with Crippen molar-refractivity contribution in [3.05, 3.63) is 11.8 Å². The fourth-order valence-corrected chi connectivity index (χ4v) is 3.54. The van der Waals surface area contributed by atoms with Crippen LogP contribution in [0.5, 0.6) is 0 Å². The topological polar surface area (TPSA) is 0 Å². The third kappa shape index (κ3) is 4.46. The second-order valence-corrected chi connectivity index (χ2v) is 8.05. The molecule has 0 bridgehead atoms. The third-order valence-electron chi connectivity index (χ3n) is 1.51. The monoisotopic (exact) mass is 142 g/mol. The highest BCUT2D eigenvalue weighted by atomic mass is 28.3. The van der Waals surface area contributed by atoms with Gasteiger partial charge in [0.05, 0.1) is 8.07 Å². The van der Waals surface area contributed by atoms with E-state index in [-0.39, 0.29) is 0 Å². The molecule has 0 unspecified atom stereocenters. The summed E-state index contributed by atoms with van der Waals surface area (Å²) in [6.07, 6.45) is 3.53. The summed E-state index contributed by atoms with van der Waals surface area (Å²) in [5.74, 6) is 0. The molecule has 0 N–H and O–H groups in total. The molecule has 0 rings (SSSR count). The summed E-state index contributed by atoms with van der Waals surface area (Å²) < 4.78 is 0. The lowest BCUT2D eigenvalue weighted by Crippen LogP contribution is -2.21. The van der Waals surface area contributed by atoms with E-state index in [4.69, 9.17) is 0 Å². The van der Waals surface area contributed by atoms with E-state index in [1.807, 2.05) is 0 Å². The van der Waals surface area contributed by atoms with Gasteiger partial charge in [-0.25, -0.2) is 0 Å². The number of rotatable bonds is 3. The highest BCUT2D eigenvalue weighted by molar-refractivity contribution is 6.82. The van der Waals surface area contributed by atoms with Crippen LogP contribution in [0.25, 0.3) is 0 Å². The van der Waals surface area contributed by atoms with Crippen molar-refractivity contribution in [1.29, 1.82) is 0 Å². The summed E-state index contributed by atoms with van der Waals surface area (Å²) in [7, 11) is -0.884. The van der Waals surface area contributed by atoms with Gasteiger partial charge in [0, 0.05) is 0 Å². The second kappa shape index (κ2) is 3.88. The quantitative estimate of drug-likeness (QED) is 0.531. The lowest BCUT2D eigenvalue weighted by molar-refractivity contribution is 1.05. The lowest BCUT2D eigenvalue weighted by atomic mass is 10.6. The van der Waals surface area contributed by atoms with Crippen LogP contribution in [0.1, 0.15) is 20.3 Å². The Morgan fingerprint density at radius 1 is 1.33 bits per heavy atom. The molecular weight excluding hydrogens is 124 g/mol. The molecule has 0 spiro atoms. The van der Waals surface area contributed by atoms with Gasteiger partial charge in [-0.2, -0.15) is 0 Å². The zero-order chi connectivity index (χ0) is 7.33. The molecule has 0 atom stereocenters. The van der Waals surface area contributed by atoms with Crippen LogP contribution in [-0.4, -0.2) is 8.07 Å². The van der Waals surface area contributed by atoms with Crippen LogP contribution in [0.2, 0.25) is 19.1 Å². The first-order valence-electron chi connectivity index (χ1n) is 3.76. The number of allylic oxidation sites excluding steroid dienone is 1. The Morgan fingerprint density at radius 2 is 1.89 bits per heavy atom. The van der Waals surface area contributed by atoms with Crippen LogP contribution in [-0.2, 0) is 0 Å². The van der Waals surface area contributed by atoms with Gasteiger partial charge in [-0.3, -0.25) is 0 Å². The molecule has 0 heterocycles. The molecule has 0 aliphatic carbocycles. The van der Waals surface area contributed by atoms with Crippen molar-refractivity contribution in [3.8, 4) is 0 Å². The minimum atomic E-state index is -0.884. The Bertz CT molecular complexity index is 92.7. The Kier molecular flexibility index (Phi) is 3.87. The van der Waals surface area contributed by atoms with E-state index >= 15 is 0 Å². The highest BCUT2D eigenvalue weighted by Crippen LogP contribution is 2.12. The van der Waals surface area contributed by atoms with Crippen LogP contribution >= 0.6 is 0 Å². The van der Waals surface area contributed by atoms with Crippen molar-refractivity contribution in [3.63, 3.8) is 0 Å². The van der Waals surface area contributed by atoms with Gasteiger partial charge in [0.15, 0.2) is 0 Å². The van der Waals surface area contributed by atoms with Crippen LogP contribution in [0, 0.1) is 0 Å². The van der Waals surface area contributed by atoms with Gasteiger partial charge in [-0.15, -0.1) is 0 Å². The molecule has 0 amide bonds. The molecule has 0 nitrogen and oxygen atoms in total. The molecule has 0 aromatic carbocycles. The van der Waals surface area contributed by atoms with Crippen molar-refractivity contribution < 1.29 is 0 Å². The molecule has 0 radical (unpaired) electrons. The van der Waals surface area contributed by atoms with Crippen LogP contribution in [0.4, 0.5) is 0 Å². The molecule has 0 aromatic rings. The zero-order valence-corrected chi connectivity index (χ0v) is 8.07. The Balaban J connectivity index is 3.70. The largest absolute Gasteiger partial charge is 0.0989 e. The van der Waals surface area contributed by atoms with Crippen molar-refractivity contribution in [1.82, 2.24) is 0 Å². The summed E-state index contributed by atoms with van der Waals surface area (Å²) in [5.41, 5.74) is 2.41. The second-order valence-electron chi connectivity index (χ2n) is 3.24. The van der Waals surface area contributed by atoms with Crippen molar-refractivity contribution in [2.45, 2.75) is 39.4 Å². The highest BCUT2D eigenvalue weighted by Gasteiger charge is 2.13. The summed E-state index contributed by atoms with van der Waals surface area (Å²) in [5, 5.41) is 0. The van der Waals surface area contributed by atoms with E-state index < -0.39 is 8.07 Å². The van der Waals surface area contributed by atoms with Gasteiger partial charge in [0.1, 0.15) is 0 Å². The van der Waals surface area contributed by atoms with E-state index in [2.05, 4.69) is 38.7 Å². The molecule has 0 saturated carbocycles.